The fraction of sp³-hybridized carbons (Fsp3) is 0.250. The molecular formula is C96H102N18O4. The molecule has 0 unspecified atom stereocenters. The van der Waals surface area contributed by atoms with Crippen molar-refractivity contribution in [3.05, 3.63) is 301 Å². The van der Waals surface area contributed by atoms with Gasteiger partial charge in [-0.2, -0.15) is 15.0 Å². The molecule has 0 amide bonds. The van der Waals surface area contributed by atoms with Gasteiger partial charge in [-0.05, 0) is 272 Å². The van der Waals surface area contributed by atoms with Gasteiger partial charge in [0.2, 0.25) is 17.8 Å². The van der Waals surface area contributed by atoms with Crippen LogP contribution in [0.3, 0.4) is 0 Å². The molecule has 18 rings (SSSR count). The number of hydrogen-bond donors (Lipinski definition) is 6. The van der Waals surface area contributed by atoms with Crippen molar-refractivity contribution in [1.29, 1.82) is 0 Å². The molecule has 3 saturated heterocycles. The normalized spacial score (nSPS) is 13.5. The summed E-state index contributed by atoms with van der Waals surface area (Å²) in [5, 5.41) is 34.9. The van der Waals surface area contributed by atoms with Crippen LogP contribution in [-0.2, 0) is 19.6 Å². The maximum absolute atomic E-state index is 5.93. The number of fused-ring (bicyclic) bond motifs is 3. The lowest BCUT2D eigenvalue weighted by molar-refractivity contribution is 0.237. The lowest BCUT2D eigenvalue weighted by Crippen LogP contribution is -2.25. The summed E-state index contributed by atoms with van der Waals surface area (Å²) in [6, 6.07) is 92.3. The van der Waals surface area contributed by atoms with Crippen LogP contribution in [0.2, 0.25) is 0 Å². The molecule has 9 aromatic carbocycles. The van der Waals surface area contributed by atoms with Gasteiger partial charge in [0.1, 0.15) is 42.8 Å². The van der Waals surface area contributed by atoms with Crippen molar-refractivity contribution >= 4 is 68.9 Å². The number of aromatic nitrogens is 9. The molecule has 9 heterocycles. The van der Waals surface area contributed by atoms with Gasteiger partial charge in [-0.15, -0.1) is 15.3 Å². The minimum atomic E-state index is 0.545. The zero-order chi connectivity index (χ0) is 80.0. The Labute approximate surface area is 689 Å². The van der Waals surface area contributed by atoms with Crippen LogP contribution >= 0.6 is 0 Å². The average Bonchev–Trinajstić information content (AvgIpc) is 1.66. The van der Waals surface area contributed by atoms with E-state index in [0.717, 1.165) is 147 Å². The molecular weight excluding hydrogens is 1470 g/mol. The Hall–Kier alpha value is -13.3. The molecule has 6 N–H and O–H groups in total. The molecule has 0 atom stereocenters. The summed E-state index contributed by atoms with van der Waals surface area (Å²) in [6.45, 7) is 18.8. The van der Waals surface area contributed by atoms with E-state index in [0.29, 0.717) is 37.7 Å². The first kappa shape index (κ1) is 78.6. The summed E-state index contributed by atoms with van der Waals surface area (Å²) >= 11 is 0. The highest BCUT2D eigenvalue weighted by Crippen LogP contribution is 2.31. The molecule has 22 nitrogen and oxygen atoms in total. The number of nitrogens with one attached hydrogen (secondary N) is 6. The first-order chi connectivity index (χ1) is 58.1. The number of nitrogens with zero attached hydrogens (tertiary/aromatic N) is 12. The van der Waals surface area contributed by atoms with E-state index in [9.17, 15) is 0 Å². The Bertz CT molecular complexity index is 5740. The topological polar surface area (TPSA) is 209 Å². The first-order valence-corrected chi connectivity index (χ1v) is 41.1. The maximum Gasteiger partial charge on any atom is 0.247 e. The van der Waals surface area contributed by atoms with Crippen molar-refractivity contribution in [2.45, 2.75) is 72.0 Å². The number of rotatable bonds is 31. The van der Waals surface area contributed by atoms with Crippen LogP contribution in [0.15, 0.2) is 273 Å². The number of hydrogen-bond acceptors (Lipinski definition) is 19. The number of likely N-dealkylation sites (tertiary alicyclic amines) is 3. The Morgan fingerprint density at radius 2 is 0.669 bits per heavy atom. The standard InChI is InChI=1S/C32H34N6O2.2C32H34N6O/c1-39-28-14-10-24(11-15-28)23-33-27-7-4-6-25(22-27)30-8-5-9-31-35-32(36-38(30)31)34-26-12-16-29(17-13-26)40-21-20-37-18-2-3-19-37;1-24-7-4-8-25(21-24)23-33-28-10-5-9-26(22-28)30-11-6-12-31-35-32(36-38(30)31)34-27-13-15-29(16-14-27)39-20-19-37-17-2-3-18-37;1-24-8-2-3-9-26(24)23-33-28-11-6-10-25(22-28)30-12-7-13-31-35-32(36-38(30)31)34-27-14-16-29(17-15-27)39-21-20-37-18-4-5-19-37/h4-17,22,33H,2-3,18-21,23H2,1H3,(H,34,36);4-16,21-22,33H,2-3,17-20,23H2,1H3,(H,34,36);2-3,6-17,22,33H,4-5,18-21,23H2,1H3,(H,34,36). The Morgan fingerprint density at radius 1 is 0.314 bits per heavy atom. The Morgan fingerprint density at radius 3 is 1.05 bits per heavy atom. The highest BCUT2D eigenvalue weighted by Gasteiger charge is 2.18. The largest absolute Gasteiger partial charge is 0.497 e. The summed E-state index contributed by atoms with van der Waals surface area (Å²) in [7, 11) is 1.68. The minimum absolute atomic E-state index is 0.545. The number of pyridine rings is 3. The third-order valence-corrected chi connectivity index (χ3v) is 21.5. The highest BCUT2D eigenvalue weighted by atomic mass is 16.5. The van der Waals surface area contributed by atoms with E-state index in [1.54, 1.807) is 7.11 Å². The molecule has 15 aromatic rings. The van der Waals surface area contributed by atoms with Crippen LogP contribution in [0, 0.1) is 13.8 Å². The van der Waals surface area contributed by atoms with Crippen LogP contribution in [0.5, 0.6) is 23.0 Å². The smallest absolute Gasteiger partial charge is 0.247 e. The van der Waals surface area contributed by atoms with E-state index >= 15 is 0 Å². The molecule has 0 saturated carbocycles. The number of methoxy groups -OCH3 is 1. The SMILES string of the molecule is COc1ccc(CNc2cccc(-c3cccc4nc(Nc5ccc(OCCN6CCCC6)cc5)nn34)c2)cc1.Cc1cccc(CNc2cccc(-c3cccc4nc(Nc5ccc(OCCN6CCCC6)cc5)nn34)c2)c1.Cc1ccccc1CNc1cccc(-c2cccc3nc(Nc4ccc(OCCN5CCCC5)cc4)nn23)c1. The van der Waals surface area contributed by atoms with Gasteiger partial charge in [-0.25, -0.2) is 13.5 Å². The van der Waals surface area contributed by atoms with E-state index in [1.165, 1.54) is 106 Å². The summed E-state index contributed by atoms with van der Waals surface area (Å²) in [6.07, 6.45) is 7.81. The zero-order valence-corrected chi connectivity index (χ0v) is 67.3. The monoisotopic (exact) mass is 1570 g/mol. The van der Waals surface area contributed by atoms with E-state index in [-0.39, 0.29) is 0 Å². The summed E-state index contributed by atoms with van der Waals surface area (Å²) < 4.78 is 28.7. The highest BCUT2D eigenvalue weighted by molar-refractivity contribution is 5.72. The average molecular weight is 1570 g/mol. The summed E-state index contributed by atoms with van der Waals surface area (Å²) in [5.41, 5.74) is 20.7. The first-order valence-electron chi connectivity index (χ1n) is 41.1. The summed E-state index contributed by atoms with van der Waals surface area (Å²) in [4.78, 5) is 21.5. The Balaban J connectivity index is 0.000000132. The van der Waals surface area contributed by atoms with Crippen molar-refractivity contribution in [1.82, 2.24) is 58.5 Å². The molecule has 0 bridgehead atoms. The van der Waals surface area contributed by atoms with Crippen molar-refractivity contribution in [3.63, 3.8) is 0 Å². The third kappa shape index (κ3) is 21.2. The van der Waals surface area contributed by atoms with Crippen LogP contribution in [0.25, 0.3) is 50.7 Å². The number of ether oxygens (including phenoxy) is 4. The van der Waals surface area contributed by atoms with Gasteiger partial charge in [-0.1, -0.05) is 121 Å². The lowest BCUT2D eigenvalue weighted by atomic mass is 10.1. The quantitative estimate of drug-likeness (QED) is 0.0239. The van der Waals surface area contributed by atoms with Crippen molar-refractivity contribution in [2.75, 3.05) is 118 Å². The second-order valence-corrected chi connectivity index (χ2v) is 30.1. The van der Waals surface area contributed by atoms with Gasteiger partial charge in [0.15, 0.2) is 16.9 Å². The van der Waals surface area contributed by atoms with Gasteiger partial charge in [0.05, 0.1) is 24.2 Å². The number of aryl methyl sites for hydroxylation is 2. The van der Waals surface area contributed by atoms with Crippen LogP contribution < -0.4 is 50.8 Å². The predicted octanol–water partition coefficient (Wildman–Crippen LogP) is 19.3. The fourth-order valence-corrected chi connectivity index (χ4v) is 15.1. The van der Waals surface area contributed by atoms with Crippen molar-refractivity contribution in [2.24, 2.45) is 0 Å². The predicted molar refractivity (Wildman–Crippen MR) is 475 cm³/mol. The zero-order valence-electron chi connectivity index (χ0n) is 67.3. The third-order valence-electron chi connectivity index (χ3n) is 21.5. The van der Waals surface area contributed by atoms with E-state index in [1.807, 2.05) is 135 Å². The molecule has 22 heteroatoms. The molecule has 3 aliphatic heterocycles. The van der Waals surface area contributed by atoms with Gasteiger partial charge >= 0.3 is 0 Å². The van der Waals surface area contributed by atoms with Crippen LogP contribution in [0.1, 0.15) is 66.3 Å². The molecule has 3 fully saturated rings. The van der Waals surface area contributed by atoms with Gasteiger partial charge in [-0.3, -0.25) is 14.7 Å². The molecule has 0 radical (unpaired) electrons. The second-order valence-electron chi connectivity index (χ2n) is 30.1. The van der Waals surface area contributed by atoms with Gasteiger partial charge in [0, 0.05) is 90.1 Å². The van der Waals surface area contributed by atoms with Gasteiger partial charge < -0.3 is 50.8 Å². The maximum atomic E-state index is 5.93. The molecule has 600 valence electrons. The second kappa shape index (κ2) is 38.9. The fourth-order valence-electron chi connectivity index (χ4n) is 15.1. The van der Waals surface area contributed by atoms with Crippen LogP contribution in [0.4, 0.5) is 52.0 Å². The number of benzene rings is 9. The molecule has 0 spiro atoms. The van der Waals surface area contributed by atoms with Crippen molar-refractivity contribution in [3.8, 4) is 56.8 Å². The van der Waals surface area contributed by atoms with Crippen LogP contribution in [-0.4, -0.2) is 144 Å². The van der Waals surface area contributed by atoms with E-state index in [4.69, 9.17) is 49.2 Å². The van der Waals surface area contributed by atoms with E-state index < -0.39 is 0 Å². The lowest BCUT2D eigenvalue weighted by Gasteiger charge is -2.15. The van der Waals surface area contributed by atoms with Crippen molar-refractivity contribution < 1.29 is 18.9 Å². The van der Waals surface area contributed by atoms with Gasteiger partial charge in [0.25, 0.3) is 0 Å². The molecule has 6 aromatic heterocycles. The number of anilines is 9. The molecule has 3 aliphatic rings. The Kier molecular flexibility index (Phi) is 25.9. The minimum Gasteiger partial charge on any atom is -0.497 e. The molecule has 0 aliphatic carbocycles. The molecule has 118 heavy (non-hydrogen) atoms. The van der Waals surface area contributed by atoms with E-state index in [2.05, 4.69) is 212 Å². The summed E-state index contributed by atoms with van der Waals surface area (Å²) in [5.74, 6) is 5.13.